The molecule has 106 valence electrons. The van der Waals surface area contributed by atoms with Crippen LogP contribution in [0.25, 0.3) is 22.4 Å². The van der Waals surface area contributed by atoms with Crippen molar-refractivity contribution in [1.29, 1.82) is 0 Å². The summed E-state index contributed by atoms with van der Waals surface area (Å²) in [5.41, 5.74) is 3.71. The molecule has 0 spiro atoms. The number of pyridine rings is 1. The van der Waals surface area contributed by atoms with Crippen molar-refractivity contribution in [2.24, 2.45) is 0 Å². The van der Waals surface area contributed by atoms with Gasteiger partial charge in [0.1, 0.15) is 11.4 Å². The van der Waals surface area contributed by atoms with Gasteiger partial charge in [0.15, 0.2) is 0 Å². The first-order chi connectivity index (χ1) is 10.3. The highest BCUT2D eigenvalue weighted by molar-refractivity contribution is 5.80. The Balaban J connectivity index is 2.11. The van der Waals surface area contributed by atoms with Crippen LogP contribution < -0.4 is 0 Å². The topological polar surface area (TPSA) is 71.2 Å². The molecule has 5 nitrogen and oxygen atoms in total. The maximum absolute atomic E-state index is 9.41. The van der Waals surface area contributed by atoms with E-state index >= 15 is 0 Å². The molecule has 0 aliphatic heterocycles. The van der Waals surface area contributed by atoms with E-state index in [1.807, 2.05) is 30.5 Å². The molecule has 3 rings (SSSR count). The molecular formula is C16H15N3O2. The van der Waals surface area contributed by atoms with Gasteiger partial charge in [0.2, 0.25) is 0 Å². The zero-order valence-electron chi connectivity index (χ0n) is 11.3. The molecule has 2 N–H and O–H groups in total. The van der Waals surface area contributed by atoms with Crippen molar-refractivity contribution in [1.82, 2.24) is 14.8 Å². The Bertz CT molecular complexity index is 721. The fourth-order valence-electron chi connectivity index (χ4n) is 2.21. The summed E-state index contributed by atoms with van der Waals surface area (Å²) < 4.78 is 1.72. The van der Waals surface area contributed by atoms with Gasteiger partial charge >= 0.3 is 0 Å². The third-order valence-corrected chi connectivity index (χ3v) is 3.22. The van der Waals surface area contributed by atoms with Gasteiger partial charge in [-0.3, -0.25) is 9.67 Å². The van der Waals surface area contributed by atoms with Gasteiger partial charge in [-0.25, -0.2) is 0 Å². The molecule has 0 aliphatic rings. The standard InChI is InChI=1S/C16H15N3O2/c20-10-9-19-11-15(12-5-7-17-8-6-12)16(18-19)13-1-3-14(21)4-2-13/h1-8,11,20-21H,9-10H2. The minimum atomic E-state index is 0.0342. The maximum atomic E-state index is 9.41. The van der Waals surface area contributed by atoms with E-state index in [-0.39, 0.29) is 12.4 Å². The Hall–Kier alpha value is -2.66. The molecule has 0 saturated heterocycles. The molecule has 0 unspecified atom stereocenters. The fourth-order valence-corrected chi connectivity index (χ4v) is 2.21. The van der Waals surface area contributed by atoms with Crippen molar-refractivity contribution in [3.8, 4) is 28.1 Å². The van der Waals surface area contributed by atoms with E-state index in [2.05, 4.69) is 10.1 Å². The molecule has 5 heteroatoms. The molecule has 2 aromatic heterocycles. The van der Waals surface area contributed by atoms with Crippen molar-refractivity contribution in [3.63, 3.8) is 0 Å². The third kappa shape index (κ3) is 2.78. The molecule has 2 heterocycles. The van der Waals surface area contributed by atoms with Crippen LogP contribution in [-0.4, -0.2) is 31.6 Å². The lowest BCUT2D eigenvalue weighted by Crippen LogP contribution is -2.02. The number of nitrogens with zero attached hydrogens (tertiary/aromatic N) is 3. The zero-order chi connectivity index (χ0) is 14.7. The van der Waals surface area contributed by atoms with Crippen LogP contribution in [0.4, 0.5) is 0 Å². The molecule has 21 heavy (non-hydrogen) atoms. The normalized spacial score (nSPS) is 10.7. The Labute approximate surface area is 122 Å². The minimum Gasteiger partial charge on any atom is -0.508 e. The van der Waals surface area contributed by atoms with E-state index in [0.717, 1.165) is 22.4 Å². The van der Waals surface area contributed by atoms with E-state index in [4.69, 9.17) is 5.11 Å². The predicted octanol–water partition coefficient (Wildman–Crippen LogP) is 2.31. The number of aromatic hydroxyl groups is 1. The van der Waals surface area contributed by atoms with Gasteiger partial charge in [0, 0.05) is 29.7 Å². The summed E-state index contributed by atoms with van der Waals surface area (Å²) in [6, 6.07) is 10.8. The quantitative estimate of drug-likeness (QED) is 0.770. The van der Waals surface area contributed by atoms with Crippen molar-refractivity contribution < 1.29 is 10.2 Å². The Morgan fingerprint density at radius 1 is 0.952 bits per heavy atom. The van der Waals surface area contributed by atoms with Crippen LogP contribution in [0.3, 0.4) is 0 Å². The number of phenolic OH excluding ortho intramolecular Hbond substituents is 1. The van der Waals surface area contributed by atoms with Gasteiger partial charge in [0.25, 0.3) is 0 Å². The summed E-state index contributed by atoms with van der Waals surface area (Å²) in [7, 11) is 0. The second-order valence-corrected chi connectivity index (χ2v) is 4.66. The van der Waals surface area contributed by atoms with Crippen molar-refractivity contribution >= 4 is 0 Å². The lowest BCUT2D eigenvalue weighted by molar-refractivity contribution is 0.269. The van der Waals surface area contributed by atoms with Crippen LogP contribution in [-0.2, 0) is 6.54 Å². The molecular weight excluding hydrogens is 266 g/mol. The average molecular weight is 281 g/mol. The highest BCUT2D eigenvalue weighted by Gasteiger charge is 2.13. The van der Waals surface area contributed by atoms with Crippen LogP contribution in [0, 0.1) is 0 Å². The lowest BCUT2D eigenvalue weighted by atomic mass is 10.0. The van der Waals surface area contributed by atoms with Crippen molar-refractivity contribution in [2.75, 3.05) is 6.61 Å². The van der Waals surface area contributed by atoms with E-state index in [0.29, 0.717) is 6.54 Å². The van der Waals surface area contributed by atoms with E-state index < -0.39 is 0 Å². The lowest BCUT2D eigenvalue weighted by Gasteiger charge is -2.02. The first-order valence-corrected chi connectivity index (χ1v) is 6.66. The van der Waals surface area contributed by atoms with E-state index in [9.17, 15) is 5.11 Å². The van der Waals surface area contributed by atoms with E-state index in [1.165, 1.54) is 0 Å². The number of aliphatic hydroxyl groups is 1. The SMILES string of the molecule is OCCn1cc(-c2ccncc2)c(-c2ccc(O)cc2)n1. The number of hydrogen-bond acceptors (Lipinski definition) is 4. The summed E-state index contributed by atoms with van der Waals surface area (Å²) >= 11 is 0. The first-order valence-electron chi connectivity index (χ1n) is 6.66. The number of phenols is 1. The first kappa shape index (κ1) is 13.3. The largest absolute Gasteiger partial charge is 0.508 e. The zero-order valence-corrected chi connectivity index (χ0v) is 11.3. The summed E-state index contributed by atoms with van der Waals surface area (Å²) in [4.78, 5) is 4.03. The molecule has 0 radical (unpaired) electrons. The second kappa shape index (κ2) is 5.76. The number of rotatable bonds is 4. The van der Waals surface area contributed by atoms with Gasteiger partial charge in [-0.2, -0.15) is 5.10 Å². The number of benzene rings is 1. The molecule has 0 saturated carbocycles. The summed E-state index contributed by atoms with van der Waals surface area (Å²) in [6.07, 6.45) is 5.38. The second-order valence-electron chi connectivity index (χ2n) is 4.66. The van der Waals surface area contributed by atoms with Gasteiger partial charge in [0.05, 0.1) is 13.2 Å². The predicted molar refractivity (Wildman–Crippen MR) is 79.6 cm³/mol. The van der Waals surface area contributed by atoms with Crippen LogP contribution in [0.15, 0.2) is 55.0 Å². The van der Waals surface area contributed by atoms with Gasteiger partial charge in [-0.05, 0) is 42.0 Å². The van der Waals surface area contributed by atoms with E-state index in [1.54, 1.807) is 29.2 Å². The van der Waals surface area contributed by atoms with Crippen molar-refractivity contribution in [3.05, 3.63) is 55.0 Å². The highest BCUT2D eigenvalue weighted by Crippen LogP contribution is 2.31. The average Bonchev–Trinajstić information content (AvgIpc) is 2.93. The third-order valence-electron chi connectivity index (χ3n) is 3.22. The molecule has 0 bridgehead atoms. The molecule has 0 amide bonds. The number of hydrogen-bond donors (Lipinski definition) is 2. The number of aliphatic hydroxyl groups excluding tert-OH is 1. The molecule has 1 aromatic carbocycles. The van der Waals surface area contributed by atoms with Gasteiger partial charge in [-0.1, -0.05) is 0 Å². The highest BCUT2D eigenvalue weighted by atomic mass is 16.3. The minimum absolute atomic E-state index is 0.0342. The molecule has 3 aromatic rings. The Morgan fingerprint density at radius 3 is 2.33 bits per heavy atom. The summed E-state index contributed by atoms with van der Waals surface area (Å²) in [5.74, 6) is 0.221. The van der Waals surface area contributed by atoms with Crippen LogP contribution >= 0.6 is 0 Å². The van der Waals surface area contributed by atoms with Gasteiger partial charge in [-0.15, -0.1) is 0 Å². The fraction of sp³-hybridized carbons (Fsp3) is 0.125. The van der Waals surface area contributed by atoms with Crippen LogP contribution in [0.5, 0.6) is 5.75 Å². The smallest absolute Gasteiger partial charge is 0.115 e. The number of aromatic nitrogens is 3. The monoisotopic (exact) mass is 281 g/mol. The Morgan fingerprint density at radius 2 is 1.67 bits per heavy atom. The van der Waals surface area contributed by atoms with Crippen LogP contribution in [0.2, 0.25) is 0 Å². The molecule has 0 fully saturated rings. The summed E-state index contributed by atoms with van der Waals surface area (Å²) in [6.45, 7) is 0.475. The Kier molecular flexibility index (Phi) is 3.66. The van der Waals surface area contributed by atoms with Crippen molar-refractivity contribution in [2.45, 2.75) is 6.54 Å². The summed E-state index contributed by atoms with van der Waals surface area (Å²) in [5, 5.41) is 23.0. The van der Waals surface area contributed by atoms with Crippen LogP contribution in [0.1, 0.15) is 0 Å². The molecule has 0 aliphatic carbocycles. The maximum Gasteiger partial charge on any atom is 0.115 e. The molecule has 0 atom stereocenters. The van der Waals surface area contributed by atoms with Gasteiger partial charge < -0.3 is 10.2 Å².